The van der Waals surface area contributed by atoms with Crippen molar-refractivity contribution in [3.63, 3.8) is 0 Å². The molecule has 0 atom stereocenters. The molecule has 2 rings (SSSR count). The molecule has 6 heteroatoms. The van der Waals surface area contributed by atoms with E-state index in [1.165, 1.54) is 25.3 Å². The molecule has 0 N–H and O–H groups in total. The molecule has 0 bridgehead atoms. The van der Waals surface area contributed by atoms with E-state index in [1.807, 2.05) is 0 Å². The van der Waals surface area contributed by atoms with Crippen LogP contribution in [0.4, 0.5) is 8.78 Å². The molecule has 0 spiro atoms. The van der Waals surface area contributed by atoms with Crippen LogP contribution < -0.4 is 4.74 Å². The fraction of sp³-hybridized carbons (Fsp3) is 0.0833. The Bertz CT molecular complexity index is 602. The molecule has 18 heavy (non-hydrogen) atoms. The van der Waals surface area contributed by atoms with Crippen molar-refractivity contribution in [2.45, 2.75) is 0 Å². The molecule has 1 aromatic carbocycles. The lowest BCUT2D eigenvalue weighted by Gasteiger charge is -2.03. The van der Waals surface area contributed by atoms with E-state index in [-0.39, 0.29) is 17.1 Å². The Balaban J connectivity index is 2.44. The van der Waals surface area contributed by atoms with Gasteiger partial charge < -0.3 is 4.74 Å². The van der Waals surface area contributed by atoms with Crippen molar-refractivity contribution in [1.29, 1.82) is 0 Å². The molecule has 4 nitrogen and oxygen atoms in total. The van der Waals surface area contributed by atoms with Crippen LogP contribution in [0.1, 0.15) is 16.1 Å². The number of carbonyl (C=O) groups excluding carboxylic acids is 1. The molecule has 0 unspecified atom stereocenters. The second kappa shape index (κ2) is 4.87. The van der Waals surface area contributed by atoms with E-state index in [4.69, 9.17) is 4.74 Å². The summed E-state index contributed by atoms with van der Waals surface area (Å²) in [4.78, 5) is 19.4. The quantitative estimate of drug-likeness (QED) is 0.782. The fourth-order valence-corrected chi connectivity index (χ4v) is 1.39. The Morgan fingerprint density at radius 1 is 1.28 bits per heavy atom. The number of hydrogen-bond donors (Lipinski definition) is 0. The fourth-order valence-electron chi connectivity index (χ4n) is 1.39. The zero-order valence-corrected chi connectivity index (χ0v) is 9.35. The third-order valence-electron chi connectivity index (χ3n) is 2.28. The van der Waals surface area contributed by atoms with Crippen molar-refractivity contribution < 1.29 is 18.3 Å². The van der Waals surface area contributed by atoms with Gasteiger partial charge in [0.15, 0.2) is 11.6 Å². The average Bonchev–Trinajstić information content (AvgIpc) is 2.41. The van der Waals surface area contributed by atoms with Gasteiger partial charge in [0.1, 0.15) is 12.0 Å². The summed E-state index contributed by atoms with van der Waals surface area (Å²) in [5.41, 5.74) is -0.442. The number of halogens is 2. The molecular weight excluding hydrogens is 242 g/mol. The minimum atomic E-state index is -1.19. The molecule has 0 fully saturated rings. The molecule has 1 heterocycles. The molecule has 0 aliphatic carbocycles. The number of benzene rings is 1. The predicted molar refractivity (Wildman–Crippen MR) is 58.4 cm³/mol. The van der Waals surface area contributed by atoms with E-state index < -0.39 is 17.4 Å². The highest BCUT2D eigenvalue weighted by molar-refractivity contribution is 6.07. The molecule has 0 aliphatic heterocycles. The van der Waals surface area contributed by atoms with Crippen molar-refractivity contribution in [3.05, 3.63) is 53.5 Å². The van der Waals surface area contributed by atoms with Gasteiger partial charge in [-0.2, -0.15) is 0 Å². The summed E-state index contributed by atoms with van der Waals surface area (Å²) in [5.74, 6) is -2.83. The van der Waals surface area contributed by atoms with Gasteiger partial charge in [0, 0.05) is 6.07 Å². The van der Waals surface area contributed by atoms with Gasteiger partial charge in [-0.3, -0.25) is 4.79 Å². The largest absolute Gasteiger partial charge is 0.481 e. The summed E-state index contributed by atoms with van der Waals surface area (Å²) in [6.45, 7) is 0. The Morgan fingerprint density at radius 3 is 2.78 bits per heavy atom. The van der Waals surface area contributed by atoms with Gasteiger partial charge in [0.25, 0.3) is 0 Å². The molecule has 2 aromatic rings. The van der Waals surface area contributed by atoms with Gasteiger partial charge >= 0.3 is 0 Å². The van der Waals surface area contributed by atoms with Gasteiger partial charge in [-0.05, 0) is 12.1 Å². The van der Waals surface area contributed by atoms with E-state index >= 15 is 0 Å². The maximum absolute atomic E-state index is 13.4. The highest BCUT2D eigenvalue weighted by atomic mass is 19.2. The highest BCUT2D eigenvalue weighted by Gasteiger charge is 2.18. The zero-order chi connectivity index (χ0) is 13.1. The van der Waals surface area contributed by atoms with Crippen molar-refractivity contribution in [2.24, 2.45) is 0 Å². The van der Waals surface area contributed by atoms with Crippen LogP contribution in [0, 0.1) is 11.6 Å². The maximum atomic E-state index is 13.4. The van der Waals surface area contributed by atoms with E-state index in [0.717, 1.165) is 12.4 Å². The van der Waals surface area contributed by atoms with Crippen LogP contribution in [0.5, 0.6) is 5.88 Å². The number of nitrogens with zero attached hydrogens (tertiary/aromatic N) is 2. The van der Waals surface area contributed by atoms with Crippen LogP contribution in [-0.2, 0) is 0 Å². The average molecular weight is 250 g/mol. The summed E-state index contributed by atoms with van der Waals surface area (Å²) in [6.07, 6.45) is 1.11. The number of carbonyl (C=O) groups is 1. The lowest BCUT2D eigenvalue weighted by atomic mass is 10.1. The number of hydrogen-bond acceptors (Lipinski definition) is 4. The first-order valence-corrected chi connectivity index (χ1v) is 4.98. The third-order valence-corrected chi connectivity index (χ3v) is 2.28. The molecule has 92 valence electrons. The first-order valence-electron chi connectivity index (χ1n) is 4.98. The molecule has 0 amide bonds. The van der Waals surface area contributed by atoms with Gasteiger partial charge in [0.2, 0.25) is 11.7 Å². The van der Waals surface area contributed by atoms with Crippen molar-refractivity contribution in [1.82, 2.24) is 9.97 Å². The normalized spacial score (nSPS) is 10.2. The van der Waals surface area contributed by atoms with E-state index in [2.05, 4.69) is 9.97 Å². The van der Waals surface area contributed by atoms with Gasteiger partial charge in [0.05, 0.1) is 12.7 Å². The van der Waals surface area contributed by atoms with E-state index in [1.54, 1.807) is 0 Å². The topological polar surface area (TPSA) is 52.1 Å². The summed E-state index contributed by atoms with van der Waals surface area (Å²) in [6, 6.07) is 4.64. The van der Waals surface area contributed by atoms with Gasteiger partial charge in [-0.15, -0.1) is 0 Å². The number of ketones is 1. The standard InChI is InChI=1S/C12H8F2N2O2/c1-18-10-5-9(15-6-16-10)12(17)7-3-2-4-8(13)11(7)14/h2-6H,1H3. The van der Waals surface area contributed by atoms with Crippen LogP contribution in [0.25, 0.3) is 0 Å². The van der Waals surface area contributed by atoms with E-state index in [0.29, 0.717) is 0 Å². The van der Waals surface area contributed by atoms with Crippen LogP contribution >= 0.6 is 0 Å². The maximum Gasteiger partial charge on any atom is 0.216 e. The SMILES string of the molecule is COc1cc(C(=O)c2cccc(F)c2F)ncn1. The molecule has 0 radical (unpaired) electrons. The van der Waals surface area contributed by atoms with Gasteiger partial charge in [-0.25, -0.2) is 18.7 Å². The van der Waals surface area contributed by atoms with Crippen molar-refractivity contribution in [3.8, 4) is 5.88 Å². The lowest BCUT2D eigenvalue weighted by Crippen LogP contribution is -2.08. The number of methoxy groups -OCH3 is 1. The minimum absolute atomic E-state index is 0.0636. The summed E-state index contributed by atoms with van der Waals surface area (Å²) >= 11 is 0. The molecule has 1 aromatic heterocycles. The second-order valence-corrected chi connectivity index (χ2v) is 3.38. The Hall–Kier alpha value is -2.37. The van der Waals surface area contributed by atoms with Gasteiger partial charge in [-0.1, -0.05) is 6.07 Å². The highest BCUT2D eigenvalue weighted by Crippen LogP contribution is 2.16. The Kier molecular flexibility index (Phi) is 3.27. The zero-order valence-electron chi connectivity index (χ0n) is 9.35. The number of aromatic nitrogens is 2. The predicted octanol–water partition coefficient (Wildman–Crippen LogP) is 1.99. The first kappa shape index (κ1) is 12.1. The molecule has 0 saturated heterocycles. The Labute approximate surface area is 101 Å². The minimum Gasteiger partial charge on any atom is -0.481 e. The number of rotatable bonds is 3. The monoisotopic (exact) mass is 250 g/mol. The first-order chi connectivity index (χ1) is 8.63. The second-order valence-electron chi connectivity index (χ2n) is 3.38. The lowest BCUT2D eigenvalue weighted by molar-refractivity contribution is 0.102. The van der Waals surface area contributed by atoms with E-state index in [9.17, 15) is 13.6 Å². The summed E-state index contributed by atoms with van der Waals surface area (Å²) in [7, 11) is 1.37. The van der Waals surface area contributed by atoms with Crippen molar-refractivity contribution >= 4 is 5.78 Å². The molecule has 0 aliphatic rings. The number of ether oxygens (including phenoxy) is 1. The molecular formula is C12H8F2N2O2. The van der Waals surface area contributed by atoms with Crippen molar-refractivity contribution in [2.75, 3.05) is 7.11 Å². The third kappa shape index (κ3) is 2.17. The van der Waals surface area contributed by atoms with Crippen LogP contribution in [0.2, 0.25) is 0 Å². The molecule has 0 saturated carbocycles. The van der Waals surface area contributed by atoms with Crippen LogP contribution in [0.15, 0.2) is 30.6 Å². The smallest absolute Gasteiger partial charge is 0.216 e. The Morgan fingerprint density at radius 2 is 2.06 bits per heavy atom. The van der Waals surface area contributed by atoms with Crippen LogP contribution in [-0.4, -0.2) is 22.9 Å². The summed E-state index contributed by atoms with van der Waals surface area (Å²) in [5, 5.41) is 0. The van der Waals surface area contributed by atoms with Crippen LogP contribution in [0.3, 0.4) is 0 Å². The summed E-state index contributed by atoms with van der Waals surface area (Å²) < 4.78 is 31.3.